The smallest absolute Gasteiger partial charge is 0.182 e. The van der Waals surface area contributed by atoms with E-state index in [1.54, 1.807) is 25.1 Å². The Labute approximate surface area is 126 Å². The van der Waals surface area contributed by atoms with Crippen LogP contribution in [-0.2, 0) is 15.6 Å². The van der Waals surface area contributed by atoms with Crippen molar-refractivity contribution < 1.29 is 8.42 Å². The maximum absolute atomic E-state index is 12.5. The van der Waals surface area contributed by atoms with Crippen molar-refractivity contribution in [3.8, 4) is 0 Å². The summed E-state index contributed by atoms with van der Waals surface area (Å²) in [4.78, 5) is 0.315. The van der Waals surface area contributed by atoms with Crippen LogP contribution >= 0.6 is 0 Å². The fourth-order valence-electron chi connectivity index (χ4n) is 2.26. The van der Waals surface area contributed by atoms with Gasteiger partial charge in [0.2, 0.25) is 0 Å². The number of rotatable bonds is 4. The third-order valence-corrected chi connectivity index (χ3v) is 5.49. The first kappa shape index (κ1) is 15.6. The maximum Gasteiger partial charge on any atom is 0.182 e. The van der Waals surface area contributed by atoms with E-state index in [2.05, 4.69) is 13.8 Å². The first-order chi connectivity index (χ1) is 9.81. The van der Waals surface area contributed by atoms with Gasteiger partial charge < -0.3 is 5.73 Å². The second-order valence-electron chi connectivity index (χ2n) is 5.63. The molecule has 2 N–H and O–H groups in total. The summed E-state index contributed by atoms with van der Waals surface area (Å²) in [5.41, 5.74) is 8.92. The molecule has 2 aromatic rings. The highest BCUT2D eigenvalue weighted by molar-refractivity contribution is 7.90. The van der Waals surface area contributed by atoms with Gasteiger partial charge >= 0.3 is 0 Å². The number of anilines is 1. The maximum atomic E-state index is 12.5. The van der Waals surface area contributed by atoms with E-state index in [0.717, 1.165) is 5.56 Å². The zero-order chi connectivity index (χ0) is 15.6. The van der Waals surface area contributed by atoms with Crippen LogP contribution in [0.4, 0.5) is 5.69 Å². The molecule has 0 atom stereocenters. The van der Waals surface area contributed by atoms with Crippen LogP contribution in [0.3, 0.4) is 0 Å². The van der Waals surface area contributed by atoms with Crippen LogP contribution in [0.5, 0.6) is 0 Å². The molecule has 0 unspecified atom stereocenters. The van der Waals surface area contributed by atoms with E-state index in [4.69, 9.17) is 5.73 Å². The first-order valence-electron chi connectivity index (χ1n) is 6.98. The minimum absolute atomic E-state index is 0.00430. The lowest BCUT2D eigenvalue weighted by molar-refractivity contribution is 0.594. The molecule has 3 nitrogen and oxygen atoms in total. The van der Waals surface area contributed by atoms with E-state index in [1.165, 1.54) is 5.56 Å². The average molecular weight is 303 g/mol. The summed E-state index contributed by atoms with van der Waals surface area (Å²) < 4.78 is 25.1. The van der Waals surface area contributed by atoms with E-state index in [1.807, 2.05) is 24.3 Å². The molecular formula is C17H21NO2S. The molecule has 0 aromatic heterocycles. The Balaban J connectivity index is 2.31. The number of sulfone groups is 1. The highest BCUT2D eigenvalue weighted by Gasteiger charge is 2.18. The molecule has 0 radical (unpaired) electrons. The molecule has 0 aliphatic heterocycles. The predicted molar refractivity (Wildman–Crippen MR) is 87.0 cm³/mol. The molecule has 0 heterocycles. The van der Waals surface area contributed by atoms with Crippen molar-refractivity contribution in [1.82, 2.24) is 0 Å². The summed E-state index contributed by atoms with van der Waals surface area (Å²) in [6.07, 6.45) is 0. The molecule has 0 saturated heterocycles. The van der Waals surface area contributed by atoms with Gasteiger partial charge in [-0.05, 0) is 41.7 Å². The Kier molecular flexibility index (Phi) is 4.37. The number of nitrogen functional groups attached to an aromatic ring is 1. The summed E-state index contributed by atoms with van der Waals surface area (Å²) in [6.45, 7) is 5.97. The summed E-state index contributed by atoms with van der Waals surface area (Å²) in [6, 6.07) is 12.7. The second kappa shape index (κ2) is 5.90. The van der Waals surface area contributed by atoms with E-state index in [9.17, 15) is 8.42 Å². The SMILES string of the molecule is Cc1c(N)cccc1S(=O)(=O)Cc1ccc(C(C)C)cc1. The fourth-order valence-corrected chi connectivity index (χ4v) is 3.92. The zero-order valence-electron chi connectivity index (χ0n) is 12.6. The van der Waals surface area contributed by atoms with E-state index in [-0.39, 0.29) is 5.75 Å². The van der Waals surface area contributed by atoms with Crippen molar-refractivity contribution in [2.75, 3.05) is 5.73 Å². The molecule has 4 heteroatoms. The van der Waals surface area contributed by atoms with Crippen LogP contribution in [0.15, 0.2) is 47.4 Å². The van der Waals surface area contributed by atoms with Crippen LogP contribution < -0.4 is 5.73 Å². The van der Waals surface area contributed by atoms with E-state index < -0.39 is 9.84 Å². The third-order valence-electron chi connectivity index (χ3n) is 3.66. The van der Waals surface area contributed by atoms with Crippen molar-refractivity contribution in [2.24, 2.45) is 0 Å². The van der Waals surface area contributed by atoms with Crippen molar-refractivity contribution in [3.05, 3.63) is 59.2 Å². The lowest BCUT2D eigenvalue weighted by Gasteiger charge is -2.11. The second-order valence-corrected chi connectivity index (χ2v) is 7.58. The predicted octanol–water partition coefficient (Wildman–Crippen LogP) is 3.67. The van der Waals surface area contributed by atoms with Crippen molar-refractivity contribution >= 4 is 15.5 Å². The molecule has 0 spiro atoms. The van der Waals surface area contributed by atoms with Gasteiger partial charge in [-0.2, -0.15) is 0 Å². The van der Waals surface area contributed by atoms with Gasteiger partial charge in [0.15, 0.2) is 9.84 Å². The van der Waals surface area contributed by atoms with Crippen LogP contribution in [0.1, 0.15) is 36.5 Å². The fraction of sp³-hybridized carbons (Fsp3) is 0.294. The Hall–Kier alpha value is -1.81. The Morgan fingerprint density at radius 2 is 1.67 bits per heavy atom. The standard InChI is InChI=1S/C17H21NO2S/c1-12(2)15-9-7-14(8-10-15)11-21(19,20)17-6-4-5-16(18)13(17)3/h4-10,12H,11,18H2,1-3H3. The normalized spacial score (nSPS) is 11.8. The number of hydrogen-bond donors (Lipinski definition) is 1. The minimum Gasteiger partial charge on any atom is -0.398 e. The quantitative estimate of drug-likeness (QED) is 0.877. The van der Waals surface area contributed by atoms with Gasteiger partial charge in [-0.3, -0.25) is 0 Å². The van der Waals surface area contributed by atoms with Crippen LogP contribution in [0.2, 0.25) is 0 Å². The highest BCUT2D eigenvalue weighted by atomic mass is 32.2. The van der Waals surface area contributed by atoms with Crippen molar-refractivity contribution in [3.63, 3.8) is 0 Å². The van der Waals surface area contributed by atoms with Gasteiger partial charge in [-0.15, -0.1) is 0 Å². The Morgan fingerprint density at radius 1 is 1.05 bits per heavy atom. The molecule has 0 aliphatic rings. The van der Waals surface area contributed by atoms with Gasteiger partial charge in [-0.25, -0.2) is 8.42 Å². The zero-order valence-corrected chi connectivity index (χ0v) is 13.4. The molecule has 112 valence electrons. The Morgan fingerprint density at radius 3 is 2.24 bits per heavy atom. The number of nitrogens with two attached hydrogens (primary N) is 1. The molecule has 0 aliphatic carbocycles. The van der Waals surface area contributed by atoms with Crippen molar-refractivity contribution in [1.29, 1.82) is 0 Å². The average Bonchev–Trinajstić information content (AvgIpc) is 2.41. The largest absolute Gasteiger partial charge is 0.398 e. The van der Waals surface area contributed by atoms with Crippen LogP contribution in [-0.4, -0.2) is 8.42 Å². The topological polar surface area (TPSA) is 60.2 Å². The van der Waals surface area contributed by atoms with Gasteiger partial charge in [0.1, 0.15) is 0 Å². The summed E-state index contributed by atoms with van der Waals surface area (Å²) in [7, 11) is -3.38. The van der Waals surface area contributed by atoms with Gasteiger partial charge in [-0.1, -0.05) is 44.2 Å². The van der Waals surface area contributed by atoms with Gasteiger partial charge in [0.05, 0.1) is 10.6 Å². The van der Waals surface area contributed by atoms with Crippen LogP contribution in [0.25, 0.3) is 0 Å². The highest BCUT2D eigenvalue weighted by Crippen LogP contribution is 2.24. The molecule has 21 heavy (non-hydrogen) atoms. The summed E-state index contributed by atoms with van der Waals surface area (Å²) in [5.74, 6) is 0.433. The van der Waals surface area contributed by atoms with Crippen molar-refractivity contribution in [2.45, 2.75) is 37.3 Å². The van der Waals surface area contributed by atoms with Gasteiger partial charge in [0.25, 0.3) is 0 Å². The number of hydrogen-bond acceptors (Lipinski definition) is 3. The minimum atomic E-state index is -3.38. The monoisotopic (exact) mass is 303 g/mol. The lowest BCUT2D eigenvalue weighted by atomic mass is 10.0. The Bertz CT molecular complexity index is 732. The molecule has 2 aromatic carbocycles. The van der Waals surface area contributed by atoms with Crippen LogP contribution in [0, 0.1) is 6.92 Å². The molecule has 0 fully saturated rings. The number of benzene rings is 2. The van der Waals surface area contributed by atoms with Gasteiger partial charge in [0, 0.05) is 5.69 Å². The molecule has 0 bridgehead atoms. The molecule has 0 amide bonds. The molecule has 2 rings (SSSR count). The first-order valence-corrected chi connectivity index (χ1v) is 8.63. The molecular weight excluding hydrogens is 282 g/mol. The third kappa shape index (κ3) is 3.45. The van der Waals surface area contributed by atoms with E-state index >= 15 is 0 Å². The summed E-state index contributed by atoms with van der Waals surface area (Å²) >= 11 is 0. The lowest BCUT2D eigenvalue weighted by Crippen LogP contribution is -2.08. The summed E-state index contributed by atoms with van der Waals surface area (Å²) in [5, 5.41) is 0. The molecule has 0 saturated carbocycles. The van der Waals surface area contributed by atoms with E-state index in [0.29, 0.717) is 22.1 Å².